The molecule has 1 saturated heterocycles. The van der Waals surface area contributed by atoms with Gasteiger partial charge in [-0.3, -0.25) is 9.59 Å². The van der Waals surface area contributed by atoms with E-state index in [1.807, 2.05) is 62.4 Å². The lowest BCUT2D eigenvalue weighted by Crippen LogP contribution is -2.53. The molecule has 8 nitrogen and oxygen atoms in total. The molecular formula is C27H30N4O4. The minimum Gasteiger partial charge on any atom is -0.497 e. The van der Waals surface area contributed by atoms with Crippen LogP contribution in [0.2, 0.25) is 0 Å². The zero-order valence-electron chi connectivity index (χ0n) is 20.4. The number of imide groups is 1. The number of hydrogen-bond acceptors (Lipinski definition) is 4. The number of hydrogen-bond donors (Lipinski definition) is 2. The fourth-order valence-electron chi connectivity index (χ4n) is 5.42. The van der Waals surface area contributed by atoms with Crippen LogP contribution in [0, 0.1) is 5.92 Å². The van der Waals surface area contributed by atoms with E-state index in [4.69, 9.17) is 4.74 Å². The molecule has 182 valence electrons. The summed E-state index contributed by atoms with van der Waals surface area (Å²) in [5.74, 6) is -0.244. The van der Waals surface area contributed by atoms with Crippen LogP contribution in [0.4, 0.5) is 4.79 Å². The highest BCUT2D eigenvalue weighted by Gasteiger charge is 2.61. The Hall–Kier alpha value is -3.81. The Bertz CT molecular complexity index is 1310. The number of ether oxygens (including phenoxy) is 1. The number of rotatable bonds is 6. The van der Waals surface area contributed by atoms with Gasteiger partial charge >= 0.3 is 6.03 Å². The molecule has 8 heteroatoms. The monoisotopic (exact) mass is 474 g/mol. The molecule has 35 heavy (non-hydrogen) atoms. The Morgan fingerprint density at radius 3 is 2.54 bits per heavy atom. The van der Waals surface area contributed by atoms with Crippen LogP contribution in [-0.4, -0.2) is 52.3 Å². The Labute approximate surface area is 204 Å². The molecule has 2 aromatic carbocycles. The van der Waals surface area contributed by atoms with E-state index in [1.54, 1.807) is 18.9 Å². The van der Waals surface area contributed by atoms with Crippen molar-refractivity contribution in [1.82, 2.24) is 20.1 Å². The largest absolute Gasteiger partial charge is 0.497 e. The molecule has 0 aliphatic carbocycles. The number of nitrogens with zero attached hydrogens (tertiary/aromatic N) is 2. The van der Waals surface area contributed by atoms with E-state index in [2.05, 4.69) is 10.3 Å². The highest BCUT2D eigenvalue weighted by Crippen LogP contribution is 2.45. The molecule has 1 fully saturated rings. The minimum absolute atomic E-state index is 0.258. The van der Waals surface area contributed by atoms with Crippen molar-refractivity contribution in [3.63, 3.8) is 0 Å². The number of fused-ring (bicyclic) bond motifs is 5. The molecule has 4 amide bonds. The van der Waals surface area contributed by atoms with Crippen molar-refractivity contribution >= 4 is 28.7 Å². The number of carbonyl (C=O) groups excluding carboxylic acids is 3. The van der Waals surface area contributed by atoms with Crippen molar-refractivity contribution in [3.8, 4) is 5.75 Å². The normalized spacial score (nSPS) is 20.3. The van der Waals surface area contributed by atoms with Gasteiger partial charge in [0.25, 0.3) is 5.91 Å². The number of aromatic amines is 1. The van der Waals surface area contributed by atoms with E-state index < -0.39 is 17.6 Å². The third-order valence-electron chi connectivity index (χ3n) is 7.30. The van der Waals surface area contributed by atoms with Crippen LogP contribution in [-0.2, 0) is 28.1 Å². The number of urea groups is 1. The van der Waals surface area contributed by atoms with Gasteiger partial charge in [-0.25, -0.2) is 9.69 Å². The molecule has 2 atom stereocenters. The Morgan fingerprint density at radius 1 is 1.14 bits per heavy atom. The van der Waals surface area contributed by atoms with Crippen molar-refractivity contribution in [2.45, 2.75) is 45.3 Å². The van der Waals surface area contributed by atoms with Gasteiger partial charge in [-0.2, -0.15) is 0 Å². The highest BCUT2D eigenvalue weighted by atomic mass is 16.5. The second-order valence-electron chi connectivity index (χ2n) is 9.71. The van der Waals surface area contributed by atoms with Crippen LogP contribution in [0.1, 0.15) is 37.6 Å². The van der Waals surface area contributed by atoms with Crippen molar-refractivity contribution in [3.05, 3.63) is 65.4 Å². The van der Waals surface area contributed by atoms with Crippen LogP contribution in [0.5, 0.6) is 5.75 Å². The molecule has 1 aromatic heterocycles. The maximum atomic E-state index is 14.0. The summed E-state index contributed by atoms with van der Waals surface area (Å²) in [5.41, 5.74) is 2.47. The summed E-state index contributed by atoms with van der Waals surface area (Å²) in [7, 11) is 1.60. The summed E-state index contributed by atoms with van der Waals surface area (Å²) < 4.78 is 5.18. The molecule has 0 bridgehead atoms. The standard InChI is InChI=1S/C27H30N4O4/c1-16(2)22(24(32)28-15-17-9-11-18(35-4)12-10-17)31-25(33)27(3)23-20(13-14-30(27)26(31)34)19-7-5-6-8-21(19)29-23/h5-12,16,22,29H,13-15H2,1-4H3,(H,28,32)/t22-,27-/m0/s1. The van der Waals surface area contributed by atoms with Crippen molar-refractivity contribution < 1.29 is 19.1 Å². The summed E-state index contributed by atoms with van der Waals surface area (Å²) in [6.45, 7) is 6.20. The maximum Gasteiger partial charge on any atom is 0.328 e. The summed E-state index contributed by atoms with van der Waals surface area (Å²) in [4.78, 5) is 47.1. The zero-order chi connectivity index (χ0) is 24.9. The zero-order valence-corrected chi connectivity index (χ0v) is 20.4. The SMILES string of the molecule is COc1ccc(CNC(=O)[C@H](C(C)C)N2C(=O)N3CCc4c([nH]c5ccccc45)[C@@]3(C)C2=O)cc1. The third kappa shape index (κ3) is 3.47. The molecule has 2 aliphatic heterocycles. The molecule has 0 saturated carbocycles. The quantitative estimate of drug-likeness (QED) is 0.534. The summed E-state index contributed by atoms with van der Waals surface area (Å²) >= 11 is 0. The Kier molecular flexibility index (Phi) is 5.54. The second kappa shape index (κ2) is 8.45. The molecular weight excluding hydrogens is 444 g/mol. The van der Waals surface area contributed by atoms with Crippen LogP contribution in [0.25, 0.3) is 10.9 Å². The van der Waals surface area contributed by atoms with Crippen molar-refractivity contribution in [2.24, 2.45) is 5.92 Å². The van der Waals surface area contributed by atoms with E-state index in [-0.39, 0.29) is 24.3 Å². The second-order valence-corrected chi connectivity index (χ2v) is 9.71. The molecule has 5 rings (SSSR count). The van der Waals surface area contributed by atoms with Crippen LogP contribution < -0.4 is 10.1 Å². The van der Waals surface area contributed by atoms with Gasteiger partial charge in [0.1, 0.15) is 11.8 Å². The summed E-state index contributed by atoms with van der Waals surface area (Å²) in [6, 6.07) is 14.0. The van der Waals surface area contributed by atoms with Gasteiger partial charge in [-0.05, 0) is 48.6 Å². The van der Waals surface area contributed by atoms with Gasteiger partial charge in [0, 0.05) is 24.0 Å². The van der Waals surface area contributed by atoms with Gasteiger partial charge in [0.2, 0.25) is 5.91 Å². The summed E-state index contributed by atoms with van der Waals surface area (Å²) in [5, 5.41) is 3.99. The molecule has 2 aliphatic rings. The first-order valence-electron chi connectivity index (χ1n) is 11.9. The first-order valence-corrected chi connectivity index (χ1v) is 11.9. The number of benzene rings is 2. The molecule has 2 N–H and O–H groups in total. The van der Waals surface area contributed by atoms with E-state index in [0.717, 1.165) is 33.5 Å². The molecule has 0 radical (unpaired) electrons. The lowest BCUT2D eigenvalue weighted by atomic mass is 9.86. The van der Waals surface area contributed by atoms with E-state index >= 15 is 0 Å². The number of aromatic nitrogens is 1. The minimum atomic E-state index is -1.17. The van der Waals surface area contributed by atoms with Gasteiger partial charge in [-0.1, -0.05) is 44.2 Å². The highest BCUT2D eigenvalue weighted by molar-refractivity contribution is 6.11. The molecule has 3 heterocycles. The van der Waals surface area contributed by atoms with Crippen LogP contribution >= 0.6 is 0 Å². The topological polar surface area (TPSA) is 94.7 Å². The average Bonchev–Trinajstić information content (AvgIpc) is 3.33. The lowest BCUT2D eigenvalue weighted by molar-refractivity contribution is -0.140. The van der Waals surface area contributed by atoms with Crippen LogP contribution in [0.15, 0.2) is 48.5 Å². The fraction of sp³-hybridized carbons (Fsp3) is 0.370. The van der Waals surface area contributed by atoms with E-state index in [9.17, 15) is 14.4 Å². The maximum absolute atomic E-state index is 14.0. The smallest absolute Gasteiger partial charge is 0.328 e. The number of nitrogens with one attached hydrogen (secondary N) is 2. The predicted octanol–water partition coefficient (Wildman–Crippen LogP) is 3.55. The number of carbonyl (C=O) groups is 3. The first-order chi connectivity index (χ1) is 16.8. The number of amides is 4. The number of H-pyrrole nitrogens is 1. The first kappa shape index (κ1) is 23.0. The van der Waals surface area contributed by atoms with Crippen LogP contribution in [0.3, 0.4) is 0 Å². The van der Waals surface area contributed by atoms with Gasteiger partial charge in [0.05, 0.1) is 12.8 Å². The van der Waals surface area contributed by atoms with Gasteiger partial charge < -0.3 is 19.9 Å². The molecule has 0 spiro atoms. The number of methoxy groups -OCH3 is 1. The predicted molar refractivity (Wildman–Crippen MR) is 132 cm³/mol. The van der Waals surface area contributed by atoms with Gasteiger partial charge in [-0.15, -0.1) is 0 Å². The Balaban J connectivity index is 1.44. The third-order valence-corrected chi connectivity index (χ3v) is 7.30. The Morgan fingerprint density at radius 2 is 1.86 bits per heavy atom. The fourth-order valence-corrected chi connectivity index (χ4v) is 5.42. The molecule has 3 aromatic rings. The molecule has 0 unspecified atom stereocenters. The summed E-state index contributed by atoms with van der Waals surface area (Å²) in [6.07, 6.45) is 0.651. The average molecular weight is 475 g/mol. The van der Waals surface area contributed by atoms with Crippen molar-refractivity contribution in [1.29, 1.82) is 0 Å². The van der Waals surface area contributed by atoms with E-state index in [0.29, 0.717) is 13.0 Å². The lowest BCUT2D eigenvalue weighted by Gasteiger charge is -2.36. The van der Waals surface area contributed by atoms with Gasteiger partial charge in [0.15, 0.2) is 5.54 Å². The van der Waals surface area contributed by atoms with E-state index in [1.165, 1.54) is 4.90 Å². The number of para-hydroxylation sites is 1. The van der Waals surface area contributed by atoms with Crippen molar-refractivity contribution in [2.75, 3.05) is 13.7 Å².